The van der Waals surface area contributed by atoms with Gasteiger partial charge in [0.2, 0.25) is 5.88 Å². The number of benzene rings is 1. The van der Waals surface area contributed by atoms with Crippen LogP contribution in [0, 0.1) is 0 Å². The van der Waals surface area contributed by atoms with Gasteiger partial charge in [-0.2, -0.15) is 4.98 Å². The van der Waals surface area contributed by atoms with E-state index in [1.807, 2.05) is 42.5 Å². The van der Waals surface area contributed by atoms with Crippen molar-refractivity contribution < 1.29 is 9.84 Å². The molecule has 0 fully saturated rings. The molecule has 1 aromatic carbocycles. The van der Waals surface area contributed by atoms with E-state index >= 15 is 0 Å². The quantitative estimate of drug-likeness (QED) is 0.833. The van der Waals surface area contributed by atoms with Crippen LogP contribution in [0.1, 0.15) is 5.56 Å². The van der Waals surface area contributed by atoms with E-state index in [2.05, 4.69) is 10.3 Å². The van der Waals surface area contributed by atoms with Crippen molar-refractivity contribution in [2.24, 2.45) is 0 Å². The molecule has 4 heteroatoms. The monoisotopic (exact) mass is 258 g/mol. The minimum absolute atomic E-state index is 0.0494. The molecule has 1 aromatic heterocycles. The number of hydrogen-bond acceptors (Lipinski definition) is 4. The fraction of sp³-hybridized carbons (Fsp3) is 0.267. The molecular weight excluding hydrogens is 240 g/mol. The first kappa shape index (κ1) is 13.4. The molecule has 1 unspecified atom stereocenters. The molecular formula is C15H18N2O2. The van der Waals surface area contributed by atoms with Crippen molar-refractivity contribution in [2.45, 2.75) is 12.5 Å². The summed E-state index contributed by atoms with van der Waals surface area (Å²) in [5.74, 6) is 1.26. The maximum atomic E-state index is 9.45. The second-order valence-electron chi connectivity index (χ2n) is 4.28. The van der Waals surface area contributed by atoms with Gasteiger partial charge in [-0.05, 0) is 18.1 Å². The number of aromatic nitrogens is 1. The van der Waals surface area contributed by atoms with E-state index in [0.717, 1.165) is 6.42 Å². The summed E-state index contributed by atoms with van der Waals surface area (Å²) >= 11 is 0. The lowest BCUT2D eigenvalue weighted by molar-refractivity contribution is 0.273. The van der Waals surface area contributed by atoms with E-state index in [1.54, 1.807) is 13.2 Å². The molecule has 2 aromatic rings. The van der Waals surface area contributed by atoms with Crippen LogP contribution in [-0.4, -0.2) is 29.8 Å². The molecule has 1 heterocycles. The number of ether oxygens (including phenoxy) is 1. The van der Waals surface area contributed by atoms with Crippen LogP contribution in [0.25, 0.3) is 0 Å². The highest BCUT2D eigenvalue weighted by atomic mass is 16.5. The number of aliphatic hydroxyl groups is 1. The molecule has 0 aliphatic heterocycles. The average molecular weight is 258 g/mol. The molecule has 4 nitrogen and oxygen atoms in total. The summed E-state index contributed by atoms with van der Waals surface area (Å²) in [7, 11) is 1.58. The molecule has 0 aliphatic rings. The number of aliphatic hydroxyl groups excluding tert-OH is 1. The lowest BCUT2D eigenvalue weighted by Crippen LogP contribution is -2.26. The van der Waals surface area contributed by atoms with Crippen molar-refractivity contribution in [1.82, 2.24) is 4.98 Å². The topological polar surface area (TPSA) is 54.4 Å². The predicted octanol–water partition coefficient (Wildman–Crippen LogP) is 2.11. The molecule has 2 rings (SSSR count). The van der Waals surface area contributed by atoms with Crippen molar-refractivity contribution in [3.8, 4) is 5.88 Å². The largest absolute Gasteiger partial charge is 0.481 e. The first-order valence-electron chi connectivity index (χ1n) is 6.24. The zero-order chi connectivity index (χ0) is 13.5. The summed E-state index contributed by atoms with van der Waals surface area (Å²) in [5.41, 5.74) is 1.18. The fourth-order valence-electron chi connectivity index (χ4n) is 1.88. The number of rotatable bonds is 6. The van der Waals surface area contributed by atoms with Crippen molar-refractivity contribution in [2.75, 3.05) is 19.0 Å². The summed E-state index contributed by atoms with van der Waals surface area (Å²) in [6.07, 6.45) is 0.746. The Hall–Kier alpha value is -2.07. The Bertz CT molecular complexity index is 503. The van der Waals surface area contributed by atoms with E-state index in [9.17, 15) is 5.11 Å². The Morgan fingerprint density at radius 3 is 2.63 bits per heavy atom. The van der Waals surface area contributed by atoms with Gasteiger partial charge in [0.15, 0.2) is 0 Å². The van der Waals surface area contributed by atoms with Crippen molar-refractivity contribution >= 4 is 5.82 Å². The minimum atomic E-state index is -0.0676. The summed E-state index contributed by atoms with van der Waals surface area (Å²) < 4.78 is 5.07. The average Bonchev–Trinajstić information content (AvgIpc) is 2.48. The predicted molar refractivity (Wildman–Crippen MR) is 75.4 cm³/mol. The smallest absolute Gasteiger partial charge is 0.214 e. The molecule has 0 saturated carbocycles. The van der Waals surface area contributed by atoms with Gasteiger partial charge in [-0.1, -0.05) is 36.4 Å². The van der Waals surface area contributed by atoms with E-state index in [4.69, 9.17) is 4.74 Å². The number of pyridine rings is 1. The van der Waals surface area contributed by atoms with E-state index in [-0.39, 0.29) is 12.6 Å². The zero-order valence-electron chi connectivity index (χ0n) is 10.9. The van der Waals surface area contributed by atoms with Crippen LogP contribution in [0.5, 0.6) is 5.88 Å². The number of anilines is 1. The highest BCUT2D eigenvalue weighted by Gasteiger charge is 2.09. The Morgan fingerprint density at radius 2 is 1.95 bits per heavy atom. The molecule has 100 valence electrons. The number of nitrogens with zero attached hydrogens (tertiary/aromatic N) is 1. The lowest BCUT2D eigenvalue weighted by atomic mass is 10.1. The number of hydrogen-bond donors (Lipinski definition) is 2. The molecule has 2 N–H and O–H groups in total. The molecule has 1 atom stereocenters. The van der Waals surface area contributed by atoms with E-state index in [1.165, 1.54) is 5.56 Å². The molecule has 0 aliphatic carbocycles. The van der Waals surface area contributed by atoms with Crippen LogP contribution in [0.2, 0.25) is 0 Å². The highest BCUT2D eigenvalue weighted by Crippen LogP contribution is 2.13. The van der Waals surface area contributed by atoms with Crippen LogP contribution >= 0.6 is 0 Å². The van der Waals surface area contributed by atoms with E-state index < -0.39 is 0 Å². The maximum Gasteiger partial charge on any atom is 0.214 e. The Morgan fingerprint density at radius 1 is 1.16 bits per heavy atom. The highest BCUT2D eigenvalue weighted by molar-refractivity contribution is 5.38. The molecule has 0 spiro atoms. The van der Waals surface area contributed by atoms with E-state index in [0.29, 0.717) is 11.7 Å². The van der Waals surface area contributed by atoms with Crippen molar-refractivity contribution in [3.05, 3.63) is 54.1 Å². The number of nitrogens with one attached hydrogen (secondary N) is 1. The lowest BCUT2D eigenvalue weighted by Gasteiger charge is -2.17. The van der Waals surface area contributed by atoms with Crippen LogP contribution in [-0.2, 0) is 6.42 Å². The SMILES string of the molecule is COc1cccc(NC(CO)Cc2ccccc2)n1. The fourth-order valence-corrected chi connectivity index (χ4v) is 1.88. The van der Waals surface area contributed by atoms with Gasteiger partial charge >= 0.3 is 0 Å². The van der Waals surface area contributed by atoms with Gasteiger partial charge in [0.05, 0.1) is 19.8 Å². The van der Waals surface area contributed by atoms with Crippen molar-refractivity contribution in [1.29, 1.82) is 0 Å². The van der Waals surface area contributed by atoms with Gasteiger partial charge < -0.3 is 15.2 Å². The molecule has 0 saturated heterocycles. The second kappa shape index (κ2) is 6.75. The van der Waals surface area contributed by atoms with Crippen LogP contribution in [0.15, 0.2) is 48.5 Å². The van der Waals surface area contributed by atoms with Crippen molar-refractivity contribution in [3.63, 3.8) is 0 Å². The second-order valence-corrected chi connectivity index (χ2v) is 4.28. The molecule has 0 bridgehead atoms. The van der Waals surface area contributed by atoms with Crippen LogP contribution in [0.3, 0.4) is 0 Å². The molecule has 0 amide bonds. The summed E-state index contributed by atoms with van der Waals surface area (Å²) in [6.45, 7) is 0.0494. The van der Waals surface area contributed by atoms with Gasteiger partial charge in [0, 0.05) is 6.07 Å². The Kier molecular flexibility index (Phi) is 4.75. The summed E-state index contributed by atoms with van der Waals surface area (Å²) in [6, 6.07) is 15.5. The first-order valence-corrected chi connectivity index (χ1v) is 6.24. The van der Waals surface area contributed by atoms with Crippen LogP contribution in [0.4, 0.5) is 5.82 Å². The maximum absolute atomic E-state index is 9.45. The number of methoxy groups -OCH3 is 1. The summed E-state index contributed by atoms with van der Waals surface area (Å²) in [4.78, 5) is 4.28. The van der Waals surface area contributed by atoms with Gasteiger partial charge in [0.1, 0.15) is 5.82 Å². The van der Waals surface area contributed by atoms with Gasteiger partial charge in [-0.25, -0.2) is 0 Å². The standard InChI is InChI=1S/C15H18N2O2/c1-19-15-9-5-8-14(17-15)16-13(11-18)10-12-6-3-2-4-7-12/h2-9,13,18H,10-11H2,1H3,(H,16,17). The van der Waals surface area contributed by atoms with Gasteiger partial charge in [0.25, 0.3) is 0 Å². The third kappa shape index (κ3) is 3.96. The zero-order valence-corrected chi connectivity index (χ0v) is 10.9. The third-order valence-electron chi connectivity index (χ3n) is 2.83. The first-order chi connectivity index (χ1) is 9.31. The van der Waals surface area contributed by atoms with Gasteiger partial charge in [-0.15, -0.1) is 0 Å². The Labute approximate surface area is 113 Å². The summed E-state index contributed by atoms with van der Waals surface area (Å²) in [5, 5.41) is 12.7. The Balaban J connectivity index is 2.02. The van der Waals surface area contributed by atoms with Crippen LogP contribution < -0.4 is 10.1 Å². The minimum Gasteiger partial charge on any atom is -0.481 e. The van der Waals surface area contributed by atoms with Gasteiger partial charge in [-0.3, -0.25) is 0 Å². The third-order valence-corrected chi connectivity index (χ3v) is 2.83. The normalized spacial score (nSPS) is 11.9. The molecule has 0 radical (unpaired) electrons. The molecule has 19 heavy (non-hydrogen) atoms.